The largest absolute Gasteiger partial charge is 0.493 e. The average Bonchev–Trinajstić information content (AvgIpc) is 3.45. The van der Waals surface area contributed by atoms with E-state index >= 15 is 0 Å². The second-order valence-electron chi connectivity index (χ2n) is 9.94. The van der Waals surface area contributed by atoms with E-state index in [0.717, 1.165) is 29.7 Å². The van der Waals surface area contributed by atoms with Gasteiger partial charge in [0, 0.05) is 25.1 Å². The Morgan fingerprint density at radius 3 is 2.34 bits per heavy atom. The van der Waals surface area contributed by atoms with Crippen LogP contribution in [-0.2, 0) is 25.0 Å². The van der Waals surface area contributed by atoms with Crippen molar-refractivity contribution in [1.82, 2.24) is 9.80 Å². The Morgan fingerprint density at radius 1 is 0.974 bits per heavy atom. The zero-order valence-corrected chi connectivity index (χ0v) is 22.3. The van der Waals surface area contributed by atoms with Crippen molar-refractivity contribution in [3.05, 3.63) is 82.4 Å². The normalized spacial score (nSPS) is 17.7. The molecule has 1 N–H and O–H groups in total. The van der Waals surface area contributed by atoms with E-state index in [0.29, 0.717) is 47.1 Å². The summed E-state index contributed by atoms with van der Waals surface area (Å²) in [5, 5.41) is 12.5. The van der Waals surface area contributed by atoms with Gasteiger partial charge in [0.25, 0.3) is 5.91 Å². The number of hydrogen-bond acceptors (Lipinski definition) is 7. The highest BCUT2D eigenvalue weighted by Gasteiger charge is 2.50. The highest BCUT2D eigenvalue weighted by molar-refractivity contribution is 6.03. The molecule has 0 saturated heterocycles. The number of amides is 1. The maximum Gasteiger partial charge on any atom is 0.260 e. The highest BCUT2D eigenvalue weighted by Crippen LogP contribution is 2.48. The van der Waals surface area contributed by atoms with E-state index < -0.39 is 5.72 Å². The smallest absolute Gasteiger partial charge is 0.260 e. The topological polar surface area (TPSA) is 80.7 Å². The summed E-state index contributed by atoms with van der Waals surface area (Å²) >= 11 is 0. The van der Waals surface area contributed by atoms with Crippen LogP contribution in [0.2, 0.25) is 0 Å². The molecule has 0 saturated carbocycles. The SMILES string of the molecule is COc1ccc2c(c1OC)C(=O)N(CCc1ccccc1)C2(O)Cc1cc2c(cc1CCN(C)C)OCO2. The molecule has 0 bridgehead atoms. The summed E-state index contributed by atoms with van der Waals surface area (Å²) in [5.74, 6) is 1.83. The Balaban J connectivity index is 1.59. The van der Waals surface area contributed by atoms with Gasteiger partial charge in [0.2, 0.25) is 6.79 Å². The molecule has 8 nitrogen and oxygen atoms in total. The molecule has 1 atom stereocenters. The fraction of sp³-hybridized carbons (Fsp3) is 0.367. The van der Waals surface area contributed by atoms with Gasteiger partial charge in [-0.2, -0.15) is 0 Å². The molecule has 0 fully saturated rings. The molecule has 38 heavy (non-hydrogen) atoms. The molecule has 1 amide bonds. The van der Waals surface area contributed by atoms with Crippen LogP contribution in [-0.4, -0.2) is 69.0 Å². The fourth-order valence-corrected chi connectivity index (χ4v) is 5.32. The molecule has 0 aromatic heterocycles. The molecule has 3 aromatic rings. The van der Waals surface area contributed by atoms with Crippen LogP contribution in [0.1, 0.15) is 32.6 Å². The molecule has 5 rings (SSSR count). The van der Waals surface area contributed by atoms with Crippen molar-refractivity contribution in [2.24, 2.45) is 0 Å². The third kappa shape index (κ3) is 4.66. The molecule has 2 aliphatic heterocycles. The van der Waals surface area contributed by atoms with Crippen molar-refractivity contribution < 1.29 is 28.8 Å². The van der Waals surface area contributed by atoms with Crippen molar-refractivity contribution in [1.29, 1.82) is 0 Å². The summed E-state index contributed by atoms with van der Waals surface area (Å²) in [7, 11) is 7.09. The summed E-state index contributed by atoms with van der Waals surface area (Å²) in [5.41, 5.74) is 2.27. The Labute approximate surface area is 223 Å². The van der Waals surface area contributed by atoms with Crippen molar-refractivity contribution in [2.45, 2.75) is 25.0 Å². The second kappa shape index (κ2) is 10.6. The maximum absolute atomic E-state index is 13.9. The van der Waals surface area contributed by atoms with E-state index in [4.69, 9.17) is 18.9 Å². The fourth-order valence-electron chi connectivity index (χ4n) is 5.32. The van der Waals surface area contributed by atoms with Gasteiger partial charge in [-0.25, -0.2) is 0 Å². The van der Waals surface area contributed by atoms with Gasteiger partial charge < -0.3 is 33.9 Å². The third-order valence-electron chi connectivity index (χ3n) is 7.31. The number of carbonyl (C=O) groups is 1. The number of hydrogen-bond donors (Lipinski definition) is 1. The van der Waals surface area contributed by atoms with Gasteiger partial charge in [-0.3, -0.25) is 4.79 Å². The van der Waals surface area contributed by atoms with Gasteiger partial charge in [0.05, 0.1) is 19.8 Å². The number of rotatable bonds is 10. The zero-order valence-electron chi connectivity index (χ0n) is 22.3. The standard InChI is InChI=1S/C30H34N2O6/c1-31(2)14-13-21-16-25-26(38-19-37-25)17-22(21)18-30(34)23-10-11-24(35-3)28(36-4)27(23)29(33)32(30)15-12-20-8-6-5-7-9-20/h5-11,16-17,34H,12-15,18-19H2,1-4H3. The van der Waals surface area contributed by atoms with Crippen molar-refractivity contribution in [3.8, 4) is 23.0 Å². The quantitative estimate of drug-likeness (QED) is 0.439. The van der Waals surface area contributed by atoms with Crippen LogP contribution in [0.15, 0.2) is 54.6 Å². The number of likely N-dealkylation sites (N-methyl/N-ethyl adjacent to an activating group) is 1. The van der Waals surface area contributed by atoms with Crippen LogP contribution in [0.3, 0.4) is 0 Å². The Kier molecular flexibility index (Phi) is 7.19. The predicted octanol–water partition coefficient (Wildman–Crippen LogP) is 3.62. The molecule has 2 aliphatic rings. The Morgan fingerprint density at radius 2 is 1.68 bits per heavy atom. The van der Waals surface area contributed by atoms with Crippen LogP contribution in [0.4, 0.5) is 0 Å². The van der Waals surface area contributed by atoms with Gasteiger partial charge in [0.15, 0.2) is 28.7 Å². The van der Waals surface area contributed by atoms with Crippen molar-refractivity contribution in [3.63, 3.8) is 0 Å². The summed E-state index contributed by atoms with van der Waals surface area (Å²) in [4.78, 5) is 17.6. The minimum Gasteiger partial charge on any atom is -0.493 e. The lowest BCUT2D eigenvalue weighted by molar-refractivity contribution is -0.0832. The second-order valence-corrected chi connectivity index (χ2v) is 9.94. The molecule has 0 spiro atoms. The van der Waals surface area contributed by atoms with Crippen LogP contribution in [0.5, 0.6) is 23.0 Å². The molecular formula is C30H34N2O6. The Bertz CT molecular complexity index is 1330. The Hall–Kier alpha value is -3.75. The van der Waals surface area contributed by atoms with Gasteiger partial charge >= 0.3 is 0 Å². The first-order chi connectivity index (χ1) is 18.4. The van der Waals surface area contributed by atoms with E-state index in [9.17, 15) is 9.90 Å². The number of ether oxygens (including phenoxy) is 4. The number of carbonyl (C=O) groups excluding carboxylic acids is 1. The summed E-state index contributed by atoms with van der Waals surface area (Å²) in [6, 6.07) is 17.4. The lowest BCUT2D eigenvalue weighted by Crippen LogP contribution is -2.46. The first-order valence-corrected chi connectivity index (χ1v) is 12.8. The van der Waals surface area contributed by atoms with E-state index in [1.807, 2.05) is 56.6 Å². The molecule has 3 aromatic carbocycles. The number of fused-ring (bicyclic) bond motifs is 2. The van der Waals surface area contributed by atoms with Crippen LogP contribution in [0.25, 0.3) is 0 Å². The molecule has 1 unspecified atom stereocenters. The maximum atomic E-state index is 13.9. The number of methoxy groups -OCH3 is 2. The first-order valence-electron chi connectivity index (χ1n) is 12.8. The molecule has 8 heteroatoms. The monoisotopic (exact) mass is 518 g/mol. The van der Waals surface area contributed by atoms with Gasteiger partial charge in [-0.05, 0) is 67.9 Å². The summed E-state index contributed by atoms with van der Waals surface area (Å²) in [6.07, 6.45) is 1.54. The molecular weight excluding hydrogens is 484 g/mol. The molecule has 0 radical (unpaired) electrons. The van der Waals surface area contributed by atoms with Crippen molar-refractivity contribution >= 4 is 5.91 Å². The molecule has 0 aliphatic carbocycles. The van der Waals surface area contributed by atoms with Gasteiger partial charge in [0.1, 0.15) is 0 Å². The molecule has 2 heterocycles. The minimum absolute atomic E-state index is 0.164. The van der Waals surface area contributed by atoms with E-state index in [2.05, 4.69) is 4.90 Å². The lowest BCUT2D eigenvalue weighted by atomic mass is 9.90. The van der Waals surface area contributed by atoms with Crippen LogP contribution in [0, 0.1) is 0 Å². The third-order valence-corrected chi connectivity index (χ3v) is 7.31. The number of nitrogens with zero attached hydrogens (tertiary/aromatic N) is 2. The average molecular weight is 519 g/mol. The minimum atomic E-state index is -1.60. The number of benzene rings is 3. The summed E-state index contributed by atoms with van der Waals surface area (Å²) in [6.45, 7) is 1.32. The van der Waals surface area contributed by atoms with Gasteiger partial charge in [-0.15, -0.1) is 0 Å². The predicted molar refractivity (Wildman–Crippen MR) is 143 cm³/mol. The first kappa shape index (κ1) is 25.9. The van der Waals surface area contributed by atoms with E-state index in [1.165, 1.54) is 14.2 Å². The van der Waals surface area contributed by atoms with E-state index in [-0.39, 0.29) is 19.1 Å². The van der Waals surface area contributed by atoms with E-state index in [1.54, 1.807) is 17.0 Å². The number of aliphatic hydroxyl groups is 1. The molecule has 200 valence electrons. The van der Waals surface area contributed by atoms with Gasteiger partial charge in [-0.1, -0.05) is 30.3 Å². The zero-order chi connectivity index (χ0) is 26.9. The van der Waals surface area contributed by atoms with Crippen LogP contribution < -0.4 is 18.9 Å². The summed E-state index contributed by atoms with van der Waals surface area (Å²) < 4.78 is 22.4. The highest BCUT2D eigenvalue weighted by atomic mass is 16.7. The lowest BCUT2D eigenvalue weighted by Gasteiger charge is -2.35. The van der Waals surface area contributed by atoms with Crippen LogP contribution >= 0.6 is 0 Å². The van der Waals surface area contributed by atoms with Crippen molar-refractivity contribution in [2.75, 3.05) is 48.2 Å².